The molecule has 0 aromatic heterocycles. The predicted molar refractivity (Wildman–Crippen MR) is 70.1 cm³/mol. The van der Waals surface area contributed by atoms with E-state index in [9.17, 15) is 22.4 Å². The average Bonchev–Trinajstić information content (AvgIpc) is 2.29. The molecule has 1 aromatic rings. The number of carbonyl (C=O) groups excluding carboxylic acids is 1. The molecule has 0 spiro atoms. The Bertz CT molecular complexity index is 630. The number of carbonyl (C=O) groups is 2. The van der Waals surface area contributed by atoms with Gasteiger partial charge in [0.05, 0.1) is 11.3 Å². The van der Waals surface area contributed by atoms with Gasteiger partial charge in [0.1, 0.15) is 15.7 Å². The van der Waals surface area contributed by atoms with E-state index in [1.165, 1.54) is 6.07 Å². The van der Waals surface area contributed by atoms with Crippen LogP contribution in [0.1, 0.15) is 10.4 Å². The lowest BCUT2D eigenvalue weighted by atomic mass is 10.2. The lowest BCUT2D eigenvalue weighted by molar-refractivity contribution is 0.0692. The number of hydrogen-bond acceptors (Lipinski definition) is 4. The van der Waals surface area contributed by atoms with Crippen molar-refractivity contribution >= 4 is 27.5 Å². The number of anilines is 1. The van der Waals surface area contributed by atoms with E-state index in [-0.39, 0.29) is 18.0 Å². The van der Waals surface area contributed by atoms with Crippen molar-refractivity contribution in [1.82, 2.24) is 5.32 Å². The number of sulfone groups is 1. The molecule has 0 radical (unpaired) electrons. The number of urea groups is 1. The highest BCUT2D eigenvalue weighted by Gasteiger charge is 2.12. The molecule has 20 heavy (non-hydrogen) atoms. The molecule has 2 amide bonds. The van der Waals surface area contributed by atoms with E-state index in [0.29, 0.717) is 0 Å². The smallest absolute Gasteiger partial charge is 0.338 e. The van der Waals surface area contributed by atoms with Crippen molar-refractivity contribution < 1.29 is 27.5 Å². The van der Waals surface area contributed by atoms with Crippen molar-refractivity contribution in [3.63, 3.8) is 0 Å². The van der Waals surface area contributed by atoms with Gasteiger partial charge in [0, 0.05) is 18.5 Å². The van der Waals surface area contributed by atoms with Gasteiger partial charge in [-0.2, -0.15) is 0 Å². The van der Waals surface area contributed by atoms with Crippen LogP contribution in [0.25, 0.3) is 0 Å². The number of nitrogens with one attached hydrogen (secondary N) is 2. The van der Waals surface area contributed by atoms with Crippen LogP contribution in [-0.2, 0) is 9.84 Å². The molecular formula is C11H13FN2O5S. The fourth-order valence-corrected chi connectivity index (χ4v) is 1.77. The molecule has 0 saturated heterocycles. The number of hydrogen-bond donors (Lipinski definition) is 3. The van der Waals surface area contributed by atoms with Crippen molar-refractivity contribution in [1.29, 1.82) is 0 Å². The third-order valence-corrected chi connectivity index (χ3v) is 3.16. The molecule has 9 heteroatoms. The van der Waals surface area contributed by atoms with Gasteiger partial charge >= 0.3 is 12.0 Å². The third-order valence-electron chi connectivity index (χ3n) is 2.21. The number of halogens is 1. The molecule has 0 aliphatic heterocycles. The first-order valence-electron chi connectivity index (χ1n) is 5.44. The maximum Gasteiger partial charge on any atom is 0.338 e. The minimum absolute atomic E-state index is 0.0839. The second kappa shape index (κ2) is 6.33. The van der Waals surface area contributed by atoms with E-state index in [1.54, 1.807) is 0 Å². The molecule has 0 heterocycles. The van der Waals surface area contributed by atoms with Crippen molar-refractivity contribution in [3.05, 3.63) is 29.6 Å². The van der Waals surface area contributed by atoms with Gasteiger partial charge in [0.15, 0.2) is 0 Å². The summed E-state index contributed by atoms with van der Waals surface area (Å²) in [5, 5.41) is 13.3. The number of amides is 2. The number of rotatable bonds is 5. The number of aromatic carboxylic acids is 1. The molecule has 1 rings (SSSR count). The van der Waals surface area contributed by atoms with Crippen molar-refractivity contribution in [2.24, 2.45) is 0 Å². The monoisotopic (exact) mass is 304 g/mol. The zero-order valence-corrected chi connectivity index (χ0v) is 11.3. The van der Waals surface area contributed by atoms with Crippen LogP contribution in [0.15, 0.2) is 18.2 Å². The molecule has 0 unspecified atom stereocenters. The Morgan fingerprint density at radius 1 is 1.35 bits per heavy atom. The maximum atomic E-state index is 13.1. The molecule has 0 aliphatic carbocycles. The molecule has 110 valence electrons. The van der Waals surface area contributed by atoms with Gasteiger partial charge in [-0.25, -0.2) is 22.4 Å². The molecule has 0 fully saturated rings. The number of carboxylic acid groups (broad SMARTS) is 1. The van der Waals surface area contributed by atoms with Gasteiger partial charge in [-0.3, -0.25) is 0 Å². The minimum atomic E-state index is -3.19. The predicted octanol–water partition coefficient (Wildman–Crippen LogP) is 0.690. The zero-order valence-electron chi connectivity index (χ0n) is 10.5. The molecule has 7 nitrogen and oxygen atoms in total. The highest BCUT2D eigenvalue weighted by Crippen LogP contribution is 2.14. The molecule has 0 aliphatic rings. The lowest BCUT2D eigenvalue weighted by Crippen LogP contribution is -2.32. The van der Waals surface area contributed by atoms with E-state index in [4.69, 9.17) is 5.11 Å². The topological polar surface area (TPSA) is 113 Å². The van der Waals surface area contributed by atoms with Crippen LogP contribution in [0.3, 0.4) is 0 Å². The van der Waals surface area contributed by atoms with Crippen LogP contribution in [0.2, 0.25) is 0 Å². The van der Waals surface area contributed by atoms with E-state index in [2.05, 4.69) is 10.6 Å². The summed E-state index contributed by atoms with van der Waals surface area (Å²) in [4.78, 5) is 22.1. The summed E-state index contributed by atoms with van der Waals surface area (Å²) in [6.45, 7) is -0.0857. The first-order valence-corrected chi connectivity index (χ1v) is 7.50. The Labute approximate surface area is 114 Å². The fraction of sp³-hybridized carbons (Fsp3) is 0.273. The Hall–Kier alpha value is -2.16. The molecule has 3 N–H and O–H groups in total. The summed E-state index contributed by atoms with van der Waals surface area (Å²) in [5.41, 5.74) is -0.486. The lowest BCUT2D eigenvalue weighted by Gasteiger charge is -2.08. The zero-order chi connectivity index (χ0) is 15.3. The highest BCUT2D eigenvalue weighted by atomic mass is 32.2. The first kappa shape index (κ1) is 15.9. The second-order valence-corrected chi connectivity index (χ2v) is 6.27. The Morgan fingerprint density at radius 2 is 2.00 bits per heavy atom. The Balaban J connectivity index is 2.63. The first-order chi connectivity index (χ1) is 9.19. The summed E-state index contributed by atoms with van der Waals surface area (Å²) in [6, 6.07) is 2.36. The summed E-state index contributed by atoms with van der Waals surface area (Å²) < 4.78 is 34.8. The fourth-order valence-electron chi connectivity index (χ4n) is 1.29. The quantitative estimate of drug-likeness (QED) is 0.741. The summed E-state index contributed by atoms with van der Waals surface area (Å²) in [6.07, 6.45) is 1.03. The van der Waals surface area contributed by atoms with Gasteiger partial charge in [-0.05, 0) is 18.2 Å². The molecule has 0 saturated carbocycles. The van der Waals surface area contributed by atoms with E-state index < -0.39 is 33.2 Å². The van der Waals surface area contributed by atoms with Gasteiger partial charge in [0.25, 0.3) is 0 Å². The second-order valence-electron chi connectivity index (χ2n) is 4.01. The van der Waals surface area contributed by atoms with Gasteiger partial charge in [-0.15, -0.1) is 0 Å². The maximum absolute atomic E-state index is 13.1. The molecular weight excluding hydrogens is 291 g/mol. The molecule has 1 aromatic carbocycles. The molecule has 0 atom stereocenters. The van der Waals surface area contributed by atoms with Crippen LogP contribution >= 0.6 is 0 Å². The molecule has 0 bridgehead atoms. The van der Waals surface area contributed by atoms with Crippen LogP contribution < -0.4 is 10.6 Å². The Kier molecular flexibility index (Phi) is 5.03. The van der Waals surface area contributed by atoms with E-state index in [0.717, 1.165) is 18.4 Å². The van der Waals surface area contributed by atoms with Crippen molar-refractivity contribution in [2.45, 2.75) is 0 Å². The van der Waals surface area contributed by atoms with Gasteiger partial charge < -0.3 is 15.7 Å². The standard InChI is InChI=1S/C11H13FN2O5S/c1-20(18,19)5-4-13-11(17)14-7-2-3-9(12)8(6-7)10(15)16/h2-3,6H,4-5H2,1H3,(H,15,16)(H2,13,14,17). The Morgan fingerprint density at radius 3 is 2.55 bits per heavy atom. The largest absolute Gasteiger partial charge is 0.478 e. The normalized spacial score (nSPS) is 10.9. The summed E-state index contributed by atoms with van der Waals surface area (Å²) in [5.74, 6) is -2.59. The third kappa shape index (κ3) is 5.22. The van der Waals surface area contributed by atoms with Crippen LogP contribution in [-0.4, -0.2) is 44.1 Å². The van der Waals surface area contributed by atoms with Crippen molar-refractivity contribution in [2.75, 3.05) is 23.9 Å². The minimum Gasteiger partial charge on any atom is -0.478 e. The van der Waals surface area contributed by atoms with Crippen LogP contribution in [0.4, 0.5) is 14.9 Å². The average molecular weight is 304 g/mol. The SMILES string of the molecule is CS(=O)(=O)CCNC(=O)Nc1ccc(F)c(C(=O)O)c1. The van der Waals surface area contributed by atoms with Crippen LogP contribution in [0, 0.1) is 5.82 Å². The number of benzene rings is 1. The number of carboxylic acids is 1. The van der Waals surface area contributed by atoms with E-state index >= 15 is 0 Å². The van der Waals surface area contributed by atoms with Gasteiger partial charge in [0.2, 0.25) is 0 Å². The highest BCUT2D eigenvalue weighted by molar-refractivity contribution is 7.90. The summed E-state index contributed by atoms with van der Waals surface area (Å²) >= 11 is 0. The van der Waals surface area contributed by atoms with Crippen molar-refractivity contribution in [3.8, 4) is 0 Å². The van der Waals surface area contributed by atoms with Gasteiger partial charge in [-0.1, -0.05) is 0 Å². The van der Waals surface area contributed by atoms with E-state index in [1.807, 2.05) is 0 Å². The summed E-state index contributed by atoms with van der Waals surface area (Å²) in [7, 11) is -3.19. The van der Waals surface area contributed by atoms with Crippen LogP contribution in [0.5, 0.6) is 0 Å².